The van der Waals surface area contributed by atoms with Gasteiger partial charge in [0.2, 0.25) is 0 Å². The van der Waals surface area contributed by atoms with Crippen LogP contribution in [0.2, 0.25) is 0 Å². The van der Waals surface area contributed by atoms with Crippen LogP contribution in [0.5, 0.6) is 0 Å². The molecule has 0 radical (unpaired) electrons. The van der Waals surface area contributed by atoms with Gasteiger partial charge in [-0.2, -0.15) is 0 Å². The topological polar surface area (TPSA) is 6.48 Å². The van der Waals surface area contributed by atoms with Gasteiger partial charge >= 0.3 is 0 Å². The van der Waals surface area contributed by atoms with E-state index in [1.165, 1.54) is 60.8 Å². The summed E-state index contributed by atoms with van der Waals surface area (Å²) in [6, 6.07) is 4.87. The minimum atomic E-state index is 0.201. The first-order chi connectivity index (χ1) is 10.8. The molecule has 1 aromatic rings. The van der Waals surface area contributed by atoms with Gasteiger partial charge in [0.05, 0.1) is 0 Å². The molecule has 23 heavy (non-hydrogen) atoms. The van der Waals surface area contributed by atoms with Crippen LogP contribution in [0.1, 0.15) is 63.1 Å². The molecule has 0 aromatic heterocycles. The van der Waals surface area contributed by atoms with Gasteiger partial charge in [0.1, 0.15) is 0 Å². The molecular formula is C20H35N2P. The second-order valence-corrected chi connectivity index (χ2v) is 8.93. The summed E-state index contributed by atoms with van der Waals surface area (Å²) in [6.45, 7) is 11.5. The van der Waals surface area contributed by atoms with E-state index in [0.29, 0.717) is 0 Å². The van der Waals surface area contributed by atoms with E-state index < -0.39 is 0 Å². The Morgan fingerprint density at radius 3 is 1.65 bits per heavy atom. The highest BCUT2D eigenvalue weighted by atomic mass is 31.0. The summed E-state index contributed by atoms with van der Waals surface area (Å²) in [5.41, 5.74) is 4.62. The molecule has 1 aliphatic rings. The van der Waals surface area contributed by atoms with Gasteiger partial charge in [0, 0.05) is 13.1 Å². The van der Waals surface area contributed by atoms with Crippen LogP contribution < -0.4 is 5.30 Å². The van der Waals surface area contributed by atoms with E-state index in [-0.39, 0.29) is 5.41 Å². The molecule has 0 aliphatic carbocycles. The SMILES string of the molecule is CN1CCCCCCN(C)Cc2cc(C(C)(C)C)cc(c2P)C1. The molecule has 1 heterocycles. The summed E-state index contributed by atoms with van der Waals surface area (Å²) >= 11 is 0. The summed E-state index contributed by atoms with van der Waals surface area (Å²) in [4.78, 5) is 4.97. The molecule has 2 nitrogen and oxygen atoms in total. The van der Waals surface area contributed by atoms with Crippen molar-refractivity contribution in [1.82, 2.24) is 9.80 Å². The summed E-state index contributed by atoms with van der Waals surface area (Å²) in [7, 11) is 7.55. The molecule has 130 valence electrons. The third kappa shape index (κ3) is 5.55. The Labute approximate surface area is 145 Å². The summed E-state index contributed by atoms with van der Waals surface area (Å²) < 4.78 is 0. The van der Waals surface area contributed by atoms with Gasteiger partial charge in [-0.25, -0.2) is 0 Å². The highest BCUT2D eigenvalue weighted by molar-refractivity contribution is 7.27. The first-order valence-corrected chi connectivity index (χ1v) is 9.64. The second kappa shape index (κ2) is 8.10. The predicted octanol–water partition coefficient (Wildman–Crippen LogP) is 3.92. The van der Waals surface area contributed by atoms with Crippen LogP contribution >= 0.6 is 9.24 Å². The maximum Gasteiger partial charge on any atom is 0.0237 e. The first kappa shape index (κ1) is 18.9. The molecule has 0 saturated carbocycles. The Morgan fingerprint density at radius 1 is 0.826 bits per heavy atom. The predicted molar refractivity (Wildman–Crippen MR) is 106 cm³/mol. The normalized spacial score (nSPS) is 19.7. The molecule has 0 amide bonds. The molecule has 0 saturated heterocycles. The van der Waals surface area contributed by atoms with E-state index in [2.05, 4.69) is 66.0 Å². The van der Waals surface area contributed by atoms with E-state index in [1.54, 1.807) is 0 Å². The highest BCUT2D eigenvalue weighted by Crippen LogP contribution is 2.26. The van der Waals surface area contributed by atoms with E-state index in [0.717, 1.165) is 13.1 Å². The Hall–Kier alpha value is -0.430. The van der Waals surface area contributed by atoms with Gasteiger partial charge in [-0.05, 0) is 67.4 Å². The zero-order chi connectivity index (χ0) is 17.0. The lowest BCUT2D eigenvalue weighted by Gasteiger charge is -2.26. The molecule has 1 aromatic carbocycles. The Balaban J connectivity index is 2.39. The van der Waals surface area contributed by atoms with Crippen molar-refractivity contribution in [2.75, 3.05) is 27.2 Å². The van der Waals surface area contributed by atoms with E-state index >= 15 is 0 Å². The van der Waals surface area contributed by atoms with Crippen LogP contribution in [0.3, 0.4) is 0 Å². The fourth-order valence-electron chi connectivity index (χ4n) is 3.33. The molecule has 1 atom stereocenters. The average Bonchev–Trinajstić information content (AvgIpc) is 2.45. The minimum Gasteiger partial charge on any atom is -0.302 e. The number of benzene rings is 1. The van der Waals surface area contributed by atoms with Crippen molar-refractivity contribution in [3.05, 3.63) is 28.8 Å². The standard InChI is InChI=1S/C20H35N2P/c1-20(2,3)18-12-16-14-21(4)10-8-6-7-9-11-22(5)15-17(13-18)19(16)23/h12-13H,6-11,14-15,23H2,1-5H3. The molecule has 1 unspecified atom stereocenters. The lowest BCUT2D eigenvalue weighted by atomic mass is 9.85. The number of hydrogen-bond acceptors (Lipinski definition) is 2. The van der Waals surface area contributed by atoms with Gasteiger partial charge in [-0.15, -0.1) is 9.24 Å². The van der Waals surface area contributed by atoms with Crippen molar-refractivity contribution in [1.29, 1.82) is 0 Å². The zero-order valence-corrected chi connectivity index (χ0v) is 16.9. The minimum absolute atomic E-state index is 0.201. The van der Waals surface area contributed by atoms with Crippen LogP contribution in [0, 0.1) is 0 Å². The van der Waals surface area contributed by atoms with Gasteiger partial charge < -0.3 is 9.80 Å². The molecule has 3 heteroatoms. The second-order valence-electron chi connectivity index (χ2n) is 8.35. The maximum absolute atomic E-state index is 3.02. The molecule has 0 spiro atoms. The molecule has 1 aliphatic heterocycles. The van der Waals surface area contributed by atoms with E-state index in [1.807, 2.05) is 0 Å². The quantitative estimate of drug-likeness (QED) is 0.664. The third-order valence-electron chi connectivity index (χ3n) is 4.93. The van der Waals surface area contributed by atoms with Crippen molar-refractivity contribution < 1.29 is 0 Å². The summed E-state index contributed by atoms with van der Waals surface area (Å²) in [5.74, 6) is 0. The lowest BCUT2D eigenvalue weighted by Crippen LogP contribution is -2.27. The molecule has 0 fully saturated rings. The van der Waals surface area contributed by atoms with E-state index in [9.17, 15) is 0 Å². The highest BCUT2D eigenvalue weighted by Gasteiger charge is 2.19. The van der Waals surface area contributed by atoms with Crippen molar-refractivity contribution >= 4 is 14.5 Å². The van der Waals surface area contributed by atoms with Crippen molar-refractivity contribution in [2.45, 2.75) is 65.0 Å². The zero-order valence-electron chi connectivity index (χ0n) is 15.8. The Kier molecular flexibility index (Phi) is 6.66. The number of rotatable bonds is 0. The number of fused-ring (bicyclic) bond motifs is 2. The number of hydrogen-bond donors (Lipinski definition) is 0. The Bertz CT molecular complexity index is 482. The van der Waals surface area contributed by atoms with Crippen LogP contribution in [-0.4, -0.2) is 37.0 Å². The lowest BCUT2D eigenvalue weighted by molar-refractivity contribution is 0.306. The van der Waals surface area contributed by atoms with Crippen LogP contribution in [-0.2, 0) is 18.5 Å². The molecule has 0 N–H and O–H groups in total. The van der Waals surface area contributed by atoms with Gasteiger partial charge in [-0.1, -0.05) is 45.7 Å². The van der Waals surface area contributed by atoms with Crippen molar-refractivity contribution in [3.63, 3.8) is 0 Å². The van der Waals surface area contributed by atoms with Crippen LogP contribution in [0.25, 0.3) is 0 Å². The van der Waals surface area contributed by atoms with Gasteiger partial charge in [0.25, 0.3) is 0 Å². The van der Waals surface area contributed by atoms with Crippen molar-refractivity contribution in [2.24, 2.45) is 0 Å². The maximum atomic E-state index is 3.02. The fraction of sp³-hybridized carbons (Fsp3) is 0.700. The largest absolute Gasteiger partial charge is 0.302 e. The molecule has 2 rings (SSSR count). The fourth-order valence-corrected chi connectivity index (χ4v) is 3.68. The summed E-state index contributed by atoms with van der Waals surface area (Å²) in [5, 5.41) is 1.41. The molecular weight excluding hydrogens is 299 g/mol. The first-order valence-electron chi connectivity index (χ1n) is 9.06. The number of nitrogens with zero attached hydrogens (tertiary/aromatic N) is 2. The monoisotopic (exact) mass is 334 g/mol. The third-order valence-corrected chi connectivity index (χ3v) is 5.67. The van der Waals surface area contributed by atoms with Crippen LogP contribution in [0.4, 0.5) is 0 Å². The van der Waals surface area contributed by atoms with Gasteiger partial charge in [0.15, 0.2) is 0 Å². The van der Waals surface area contributed by atoms with Gasteiger partial charge in [-0.3, -0.25) is 0 Å². The average molecular weight is 334 g/mol. The van der Waals surface area contributed by atoms with E-state index in [4.69, 9.17) is 0 Å². The van der Waals surface area contributed by atoms with Crippen molar-refractivity contribution in [3.8, 4) is 0 Å². The van der Waals surface area contributed by atoms with Crippen LogP contribution in [0.15, 0.2) is 12.1 Å². The summed E-state index contributed by atoms with van der Waals surface area (Å²) in [6.07, 6.45) is 5.35. The smallest absolute Gasteiger partial charge is 0.0237 e. The Morgan fingerprint density at radius 2 is 1.26 bits per heavy atom. The molecule has 2 bridgehead atoms.